The summed E-state index contributed by atoms with van der Waals surface area (Å²) in [4.78, 5) is 16.6. The average Bonchev–Trinajstić information content (AvgIpc) is 2.45. The molecule has 2 amide bonds. The molecular weight excluding hydrogens is 256 g/mol. The van der Waals surface area contributed by atoms with E-state index in [2.05, 4.69) is 10.8 Å². The van der Waals surface area contributed by atoms with Crippen molar-refractivity contribution in [2.45, 2.75) is 39.4 Å². The minimum atomic E-state index is -0.925. The van der Waals surface area contributed by atoms with E-state index in [4.69, 9.17) is 4.84 Å². The van der Waals surface area contributed by atoms with Gasteiger partial charge in [0.15, 0.2) is 0 Å². The molecule has 0 aromatic heterocycles. The van der Waals surface area contributed by atoms with Crippen molar-refractivity contribution in [1.82, 2.24) is 10.8 Å². The number of hydrogen-bond donors (Lipinski definition) is 3. The van der Waals surface area contributed by atoms with Crippen LogP contribution in [0.5, 0.6) is 0 Å². The summed E-state index contributed by atoms with van der Waals surface area (Å²) in [6, 6.07) is 9.09. The molecule has 3 N–H and O–H groups in total. The van der Waals surface area contributed by atoms with Crippen molar-refractivity contribution >= 4 is 6.03 Å². The molecule has 5 heteroatoms. The summed E-state index contributed by atoms with van der Waals surface area (Å²) in [7, 11) is 0. The Bertz CT molecular complexity index is 407. The smallest absolute Gasteiger partial charge is 0.338 e. The Labute approximate surface area is 120 Å². The van der Waals surface area contributed by atoms with E-state index in [0.29, 0.717) is 6.61 Å². The van der Waals surface area contributed by atoms with E-state index in [-0.39, 0.29) is 12.5 Å². The standard InChI is InChI=1S/C15H24N2O3/c1-4-12(2)15(3,19)11-16-14(18)17-20-10-13-8-6-5-7-9-13/h5-9,12,19H,4,10-11H2,1-3H3,(H2,16,17,18). The Morgan fingerprint density at radius 2 is 2.05 bits per heavy atom. The third-order valence-corrected chi connectivity index (χ3v) is 3.53. The van der Waals surface area contributed by atoms with Gasteiger partial charge in [0, 0.05) is 6.54 Å². The third kappa shape index (κ3) is 5.59. The van der Waals surface area contributed by atoms with Gasteiger partial charge in [-0.15, -0.1) is 0 Å². The fraction of sp³-hybridized carbons (Fsp3) is 0.533. The summed E-state index contributed by atoms with van der Waals surface area (Å²) in [6.07, 6.45) is 0.848. The van der Waals surface area contributed by atoms with Crippen LogP contribution in [-0.2, 0) is 11.4 Å². The molecule has 112 valence electrons. The minimum Gasteiger partial charge on any atom is -0.388 e. The maximum atomic E-state index is 11.5. The van der Waals surface area contributed by atoms with Gasteiger partial charge in [0.2, 0.25) is 0 Å². The summed E-state index contributed by atoms with van der Waals surface area (Å²) in [5, 5.41) is 12.8. The Morgan fingerprint density at radius 1 is 1.40 bits per heavy atom. The van der Waals surface area contributed by atoms with Crippen molar-refractivity contribution in [3.8, 4) is 0 Å². The van der Waals surface area contributed by atoms with Crippen LogP contribution in [0.15, 0.2) is 30.3 Å². The zero-order valence-electron chi connectivity index (χ0n) is 12.3. The molecule has 0 aliphatic carbocycles. The predicted molar refractivity (Wildman–Crippen MR) is 77.8 cm³/mol. The highest BCUT2D eigenvalue weighted by molar-refractivity contribution is 5.72. The third-order valence-electron chi connectivity index (χ3n) is 3.53. The van der Waals surface area contributed by atoms with E-state index in [1.807, 2.05) is 44.2 Å². The second kappa shape index (κ2) is 7.87. The lowest BCUT2D eigenvalue weighted by atomic mass is 9.89. The Kier molecular flexibility index (Phi) is 6.48. The molecule has 0 aliphatic heterocycles. The Balaban J connectivity index is 2.24. The number of hydroxylamine groups is 1. The lowest BCUT2D eigenvalue weighted by molar-refractivity contribution is 0.00385. The predicted octanol–water partition coefficient (Wildman–Crippen LogP) is 2.21. The molecule has 0 spiro atoms. The SMILES string of the molecule is CCC(C)C(C)(O)CNC(=O)NOCc1ccccc1. The van der Waals surface area contributed by atoms with Crippen molar-refractivity contribution in [2.75, 3.05) is 6.54 Å². The van der Waals surface area contributed by atoms with Crippen molar-refractivity contribution in [1.29, 1.82) is 0 Å². The van der Waals surface area contributed by atoms with Gasteiger partial charge >= 0.3 is 6.03 Å². The van der Waals surface area contributed by atoms with E-state index in [9.17, 15) is 9.90 Å². The van der Waals surface area contributed by atoms with Gasteiger partial charge in [0.25, 0.3) is 0 Å². The fourth-order valence-corrected chi connectivity index (χ4v) is 1.67. The molecule has 5 nitrogen and oxygen atoms in total. The minimum absolute atomic E-state index is 0.105. The summed E-state index contributed by atoms with van der Waals surface area (Å²) >= 11 is 0. The molecule has 2 unspecified atom stereocenters. The van der Waals surface area contributed by atoms with Crippen LogP contribution >= 0.6 is 0 Å². The number of benzene rings is 1. The van der Waals surface area contributed by atoms with Gasteiger partial charge in [-0.3, -0.25) is 4.84 Å². The van der Waals surface area contributed by atoms with Gasteiger partial charge in [-0.05, 0) is 18.4 Å². The second-order valence-corrected chi connectivity index (χ2v) is 5.23. The molecule has 0 radical (unpaired) electrons. The van der Waals surface area contributed by atoms with E-state index in [1.165, 1.54) is 0 Å². The number of carbonyl (C=O) groups excluding carboxylic acids is 1. The highest BCUT2D eigenvalue weighted by Crippen LogP contribution is 2.18. The molecule has 0 saturated heterocycles. The first-order valence-electron chi connectivity index (χ1n) is 6.87. The number of carbonyl (C=O) groups is 1. The highest BCUT2D eigenvalue weighted by Gasteiger charge is 2.27. The first kappa shape index (κ1) is 16.5. The van der Waals surface area contributed by atoms with Crippen molar-refractivity contribution in [3.63, 3.8) is 0 Å². The molecule has 1 aromatic rings. The van der Waals surface area contributed by atoms with Crippen molar-refractivity contribution in [3.05, 3.63) is 35.9 Å². The van der Waals surface area contributed by atoms with Crippen LogP contribution in [0.2, 0.25) is 0 Å². The molecule has 0 fully saturated rings. The number of nitrogens with one attached hydrogen (secondary N) is 2. The van der Waals surface area contributed by atoms with Gasteiger partial charge in [-0.25, -0.2) is 10.3 Å². The topological polar surface area (TPSA) is 70.6 Å². The molecule has 0 bridgehead atoms. The monoisotopic (exact) mass is 280 g/mol. The van der Waals surface area contributed by atoms with Crippen molar-refractivity contribution in [2.24, 2.45) is 5.92 Å². The van der Waals surface area contributed by atoms with E-state index < -0.39 is 11.6 Å². The fourth-order valence-electron chi connectivity index (χ4n) is 1.67. The van der Waals surface area contributed by atoms with Crippen LogP contribution in [0.3, 0.4) is 0 Å². The number of aliphatic hydroxyl groups is 1. The first-order valence-corrected chi connectivity index (χ1v) is 6.87. The van der Waals surface area contributed by atoms with Gasteiger partial charge in [-0.2, -0.15) is 0 Å². The maximum Gasteiger partial charge on any atom is 0.338 e. The normalized spacial score (nSPS) is 15.2. The molecule has 0 aliphatic rings. The van der Waals surface area contributed by atoms with Crippen LogP contribution in [0.4, 0.5) is 4.79 Å². The van der Waals surface area contributed by atoms with Crippen LogP contribution in [0, 0.1) is 5.92 Å². The summed E-state index contributed by atoms with van der Waals surface area (Å²) in [6.45, 7) is 6.15. The number of hydrogen-bond acceptors (Lipinski definition) is 3. The molecular formula is C15H24N2O3. The quantitative estimate of drug-likeness (QED) is 0.671. The molecule has 2 atom stereocenters. The summed E-state index contributed by atoms with van der Waals surface area (Å²) in [5.41, 5.74) is 2.35. The summed E-state index contributed by atoms with van der Waals surface area (Å²) in [5.74, 6) is 0.105. The maximum absolute atomic E-state index is 11.5. The largest absolute Gasteiger partial charge is 0.388 e. The molecule has 0 heterocycles. The number of urea groups is 1. The zero-order chi connectivity index (χ0) is 15.0. The van der Waals surface area contributed by atoms with Gasteiger partial charge in [0.1, 0.15) is 0 Å². The summed E-state index contributed by atoms with van der Waals surface area (Å²) < 4.78 is 0. The van der Waals surface area contributed by atoms with Crippen LogP contribution in [0.25, 0.3) is 0 Å². The lowest BCUT2D eigenvalue weighted by Gasteiger charge is -2.29. The Morgan fingerprint density at radius 3 is 2.65 bits per heavy atom. The number of amides is 2. The molecule has 1 aromatic carbocycles. The van der Waals surface area contributed by atoms with E-state index in [0.717, 1.165) is 12.0 Å². The second-order valence-electron chi connectivity index (χ2n) is 5.23. The van der Waals surface area contributed by atoms with Crippen LogP contribution in [0.1, 0.15) is 32.8 Å². The van der Waals surface area contributed by atoms with Crippen LogP contribution < -0.4 is 10.8 Å². The van der Waals surface area contributed by atoms with E-state index >= 15 is 0 Å². The highest BCUT2D eigenvalue weighted by atomic mass is 16.7. The number of rotatable bonds is 7. The Hall–Kier alpha value is -1.59. The molecule has 1 rings (SSSR count). The zero-order valence-corrected chi connectivity index (χ0v) is 12.3. The van der Waals surface area contributed by atoms with Crippen LogP contribution in [-0.4, -0.2) is 23.3 Å². The van der Waals surface area contributed by atoms with E-state index in [1.54, 1.807) is 6.92 Å². The van der Waals surface area contributed by atoms with Gasteiger partial charge < -0.3 is 10.4 Å². The average molecular weight is 280 g/mol. The van der Waals surface area contributed by atoms with Gasteiger partial charge in [0.05, 0.1) is 12.2 Å². The lowest BCUT2D eigenvalue weighted by Crippen LogP contribution is -2.47. The van der Waals surface area contributed by atoms with Crippen molar-refractivity contribution < 1.29 is 14.7 Å². The first-order chi connectivity index (χ1) is 9.45. The molecule has 20 heavy (non-hydrogen) atoms. The van der Waals surface area contributed by atoms with Gasteiger partial charge in [-0.1, -0.05) is 50.6 Å². The molecule has 0 saturated carbocycles.